The van der Waals surface area contributed by atoms with Gasteiger partial charge in [-0.05, 0) is 53.6 Å². The van der Waals surface area contributed by atoms with Gasteiger partial charge in [0.1, 0.15) is 5.75 Å². The van der Waals surface area contributed by atoms with Gasteiger partial charge < -0.3 is 9.64 Å². The monoisotopic (exact) mass is 409 g/mol. The molecule has 0 N–H and O–H groups in total. The minimum absolute atomic E-state index is 0.0810. The Hall–Kier alpha value is -0.300. The maximum atomic E-state index is 11.8. The van der Waals surface area contributed by atoms with Crippen LogP contribution in [0.5, 0.6) is 5.75 Å². The molecule has 1 saturated heterocycles. The van der Waals surface area contributed by atoms with Gasteiger partial charge in [-0.2, -0.15) is 0 Å². The minimum Gasteiger partial charge on any atom is -0.484 e. The van der Waals surface area contributed by atoms with Gasteiger partial charge in [0.25, 0.3) is 5.91 Å². The third kappa shape index (κ3) is 3.84. The van der Waals surface area contributed by atoms with Gasteiger partial charge >= 0.3 is 0 Å². The average molecular weight is 410 g/mol. The van der Waals surface area contributed by atoms with E-state index in [0.29, 0.717) is 0 Å². The quantitative estimate of drug-likeness (QED) is 0.718. The fourth-order valence-corrected chi connectivity index (χ4v) is 3.36. The standard InChI is InChI=1S/C12H13BrINO2/c13-9-5-10(14)7-11(6-9)17-8-12(16)15-3-1-2-4-15/h5-7H,1-4,8H2. The molecule has 0 aliphatic carbocycles. The van der Waals surface area contributed by atoms with Crippen molar-refractivity contribution in [2.75, 3.05) is 19.7 Å². The van der Waals surface area contributed by atoms with Crippen molar-refractivity contribution in [1.29, 1.82) is 0 Å². The van der Waals surface area contributed by atoms with Crippen LogP contribution >= 0.6 is 38.5 Å². The summed E-state index contributed by atoms with van der Waals surface area (Å²) < 4.78 is 7.57. The highest BCUT2D eigenvalue weighted by molar-refractivity contribution is 14.1. The molecule has 92 valence electrons. The van der Waals surface area contributed by atoms with Gasteiger partial charge in [0.05, 0.1) is 0 Å². The van der Waals surface area contributed by atoms with Gasteiger partial charge in [-0.15, -0.1) is 0 Å². The second-order valence-electron chi connectivity index (χ2n) is 3.98. The number of halogens is 2. The van der Waals surface area contributed by atoms with Crippen molar-refractivity contribution < 1.29 is 9.53 Å². The molecule has 0 unspecified atom stereocenters. The first-order valence-electron chi connectivity index (χ1n) is 5.52. The lowest BCUT2D eigenvalue weighted by Crippen LogP contribution is -2.32. The fourth-order valence-electron chi connectivity index (χ4n) is 1.81. The zero-order valence-electron chi connectivity index (χ0n) is 9.29. The molecule has 1 aromatic carbocycles. The van der Waals surface area contributed by atoms with Crippen LogP contribution in [0.4, 0.5) is 0 Å². The Morgan fingerprint density at radius 3 is 2.71 bits per heavy atom. The van der Waals surface area contributed by atoms with Crippen LogP contribution in [0.2, 0.25) is 0 Å². The highest BCUT2D eigenvalue weighted by Crippen LogP contribution is 2.22. The number of ether oxygens (including phenoxy) is 1. The Kier molecular flexibility index (Phi) is 4.67. The summed E-state index contributed by atoms with van der Waals surface area (Å²) in [7, 11) is 0. The largest absolute Gasteiger partial charge is 0.484 e. The summed E-state index contributed by atoms with van der Waals surface area (Å²) in [5.74, 6) is 0.814. The van der Waals surface area contributed by atoms with E-state index < -0.39 is 0 Å². The summed E-state index contributed by atoms with van der Waals surface area (Å²) in [5.41, 5.74) is 0. The van der Waals surface area contributed by atoms with Crippen molar-refractivity contribution in [2.24, 2.45) is 0 Å². The number of likely N-dealkylation sites (tertiary alicyclic amines) is 1. The van der Waals surface area contributed by atoms with Gasteiger partial charge in [-0.1, -0.05) is 15.9 Å². The number of amides is 1. The van der Waals surface area contributed by atoms with Crippen LogP contribution in [0, 0.1) is 3.57 Å². The smallest absolute Gasteiger partial charge is 0.260 e. The van der Waals surface area contributed by atoms with Gasteiger partial charge in [-0.25, -0.2) is 0 Å². The first kappa shape index (κ1) is 13.1. The maximum Gasteiger partial charge on any atom is 0.260 e. The van der Waals surface area contributed by atoms with Crippen LogP contribution in [0.3, 0.4) is 0 Å². The van der Waals surface area contributed by atoms with Crippen molar-refractivity contribution in [1.82, 2.24) is 4.90 Å². The summed E-state index contributed by atoms with van der Waals surface area (Å²) in [4.78, 5) is 13.6. The van der Waals surface area contributed by atoms with E-state index in [1.165, 1.54) is 0 Å². The molecule has 0 aromatic heterocycles. The molecule has 1 fully saturated rings. The van der Waals surface area contributed by atoms with Gasteiger partial charge in [0.2, 0.25) is 0 Å². The topological polar surface area (TPSA) is 29.5 Å². The highest BCUT2D eigenvalue weighted by Gasteiger charge is 2.18. The Balaban J connectivity index is 1.90. The molecular weight excluding hydrogens is 397 g/mol. The lowest BCUT2D eigenvalue weighted by molar-refractivity contribution is -0.132. The van der Waals surface area contributed by atoms with Crippen molar-refractivity contribution in [2.45, 2.75) is 12.8 Å². The fraction of sp³-hybridized carbons (Fsp3) is 0.417. The van der Waals surface area contributed by atoms with E-state index in [1.54, 1.807) is 0 Å². The van der Waals surface area contributed by atoms with Gasteiger partial charge in [0.15, 0.2) is 6.61 Å². The van der Waals surface area contributed by atoms with Crippen molar-refractivity contribution in [3.8, 4) is 5.75 Å². The van der Waals surface area contributed by atoms with E-state index in [-0.39, 0.29) is 12.5 Å². The van der Waals surface area contributed by atoms with Crippen LogP contribution in [0.1, 0.15) is 12.8 Å². The second-order valence-corrected chi connectivity index (χ2v) is 6.14. The molecular formula is C12H13BrINO2. The van der Waals surface area contributed by atoms with Crippen LogP contribution in [-0.4, -0.2) is 30.5 Å². The number of nitrogens with zero attached hydrogens (tertiary/aromatic N) is 1. The molecule has 5 heteroatoms. The van der Waals surface area contributed by atoms with E-state index in [9.17, 15) is 4.79 Å². The minimum atomic E-state index is 0.0810. The number of hydrogen-bond donors (Lipinski definition) is 0. The summed E-state index contributed by atoms with van der Waals surface area (Å²) in [6.45, 7) is 1.88. The van der Waals surface area contributed by atoms with E-state index in [1.807, 2.05) is 23.1 Å². The molecule has 0 saturated carbocycles. The van der Waals surface area contributed by atoms with Crippen LogP contribution in [0.15, 0.2) is 22.7 Å². The molecule has 2 rings (SSSR count). The number of benzene rings is 1. The molecule has 1 amide bonds. The zero-order chi connectivity index (χ0) is 12.3. The first-order valence-corrected chi connectivity index (χ1v) is 7.39. The molecule has 1 aliphatic heterocycles. The highest BCUT2D eigenvalue weighted by atomic mass is 127. The molecule has 1 heterocycles. The first-order chi connectivity index (χ1) is 8.15. The molecule has 0 spiro atoms. The zero-order valence-corrected chi connectivity index (χ0v) is 13.0. The Morgan fingerprint density at radius 1 is 1.35 bits per heavy atom. The third-order valence-corrected chi connectivity index (χ3v) is 3.74. The maximum absolute atomic E-state index is 11.8. The predicted molar refractivity (Wildman–Crippen MR) is 78.2 cm³/mol. The third-order valence-electron chi connectivity index (χ3n) is 2.66. The SMILES string of the molecule is O=C(COc1cc(Br)cc(I)c1)N1CCCC1. The number of carbonyl (C=O) groups is 1. The normalized spacial score (nSPS) is 15.1. The van der Waals surface area contributed by atoms with Crippen LogP contribution in [-0.2, 0) is 4.79 Å². The summed E-state index contributed by atoms with van der Waals surface area (Å²) in [6.07, 6.45) is 2.22. The van der Waals surface area contributed by atoms with E-state index in [0.717, 1.165) is 39.7 Å². The second kappa shape index (κ2) is 6.04. The van der Waals surface area contributed by atoms with Crippen molar-refractivity contribution in [3.05, 3.63) is 26.2 Å². The van der Waals surface area contributed by atoms with Gasteiger partial charge in [0, 0.05) is 21.1 Å². The van der Waals surface area contributed by atoms with Crippen molar-refractivity contribution >= 4 is 44.4 Å². The number of carbonyl (C=O) groups excluding carboxylic acids is 1. The number of rotatable bonds is 3. The van der Waals surface area contributed by atoms with Crippen LogP contribution < -0.4 is 4.74 Å². The lowest BCUT2D eigenvalue weighted by Gasteiger charge is -2.15. The Morgan fingerprint density at radius 2 is 2.06 bits per heavy atom. The van der Waals surface area contributed by atoms with Crippen molar-refractivity contribution in [3.63, 3.8) is 0 Å². The van der Waals surface area contributed by atoms with E-state index in [4.69, 9.17) is 4.74 Å². The molecule has 1 aliphatic rings. The molecule has 0 atom stereocenters. The lowest BCUT2D eigenvalue weighted by atomic mass is 10.3. The predicted octanol–water partition coefficient (Wildman–Crippen LogP) is 3.05. The van der Waals surface area contributed by atoms with Crippen LogP contribution in [0.25, 0.3) is 0 Å². The summed E-state index contributed by atoms with van der Waals surface area (Å²) >= 11 is 5.63. The summed E-state index contributed by atoms with van der Waals surface area (Å²) in [6, 6.07) is 5.79. The molecule has 0 bridgehead atoms. The molecule has 1 aromatic rings. The Labute approximate surface area is 123 Å². The molecule has 0 radical (unpaired) electrons. The number of hydrogen-bond acceptors (Lipinski definition) is 2. The molecule has 3 nitrogen and oxygen atoms in total. The van der Waals surface area contributed by atoms with E-state index >= 15 is 0 Å². The summed E-state index contributed by atoms with van der Waals surface area (Å²) in [5, 5.41) is 0. The van der Waals surface area contributed by atoms with E-state index in [2.05, 4.69) is 38.5 Å². The van der Waals surface area contributed by atoms with Gasteiger partial charge in [-0.3, -0.25) is 4.79 Å². The average Bonchev–Trinajstić information content (AvgIpc) is 2.78. The Bertz CT molecular complexity index is 399. The molecule has 17 heavy (non-hydrogen) atoms.